The van der Waals surface area contributed by atoms with Crippen LogP contribution < -0.4 is 5.32 Å². The molecular weight excluding hydrogens is 297 g/mol. The third-order valence-electron chi connectivity index (χ3n) is 4.06. The SMILES string of the molecule is CN=C(NCc1ccc(F)c(COC)c1)N1CCC(COC)C1. The van der Waals surface area contributed by atoms with Crippen molar-refractivity contribution < 1.29 is 13.9 Å². The molecule has 1 aliphatic heterocycles. The van der Waals surface area contributed by atoms with Gasteiger partial charge < -0.3 is 19.7 Å². The van der Waals surface area contributed by atoms with Crippen LogP contribution in [-0.2, 0) is 22.6 Å². The van der Waals surface area contributed by atoms with Gasteiger partial charge in [-0.15, -0.1) is 0 Å². The van der Waals surface area contributed by atoms with Crippen molar-refractivity contribution in [3.05, 3.63) is 35.1 Å². The summed E-state index contributed by atoms with van der Waals surface area (Å²) in [7, 11) is 5.09. The Kier molecular flexibility index (Phi) is 6.80. The van der Waals surface area contributed by atoms with Crippen molar-refractivity contribution in [3.63, 3.8) is 0 Å². The van der Waals surface area contributed by atoms with Gasteiger partial charge in [-0.05, 0) is 24.1 Å². The number of hydrogen-bond donors (Lipinski definition) is 1. The Balaban J connectivity index is 1.92. The van der Waals surface area contributed by atoms with Crippen LogP contribution in [0, 0.1) is 11.7 Å². The topological polar surface area (TPSA) is 46.1 Å². The Morgan fingerprint density at radius 3 is 2.91 bits per heavy atom. The van der Waals surface area contributed by atoms with Gasteiger partial charge in [-0.2, -0.15) is 0 Å². The quantitative estimate of drug-likeness (QED) is 0.643. The van der Waals surface area contributed by atoms with Gasteiger partial charge in [0.15, 0.2) is 5.96 Å². The maximum Gasteiger partial charge on any atom is 0.193 e. The summed E-state index contributed by atoms with van der Waals surface area (Å²) in [6, 6.07) is 5.10. The monoisotopic (exact) mass is 323 g/mol. The molecule has 1 unspecified atom stereocenters. The highest BCUT2D eigenvalue weighted by atomic mass is 19.1. The molecule has 1 aliphatic rings. The lowest BCUT2D eigenvalue weighted by atomic mass is 10.1. The Morgan fingerprint density at radius 1 is 1.39 bits per heavy atom. The summed E-state index contributed by atoms with van der Waals surface area (Å²) >= 11 is 0. The predicted octanol–water partition coefficient (Wildman–Crippen LogP) is 2.02. The smallest absolute Gasteiger partial charge is 0.193 e. The van der Waals surface area contributed by atoms with Crippen molar-refractivity contribution in [1.82, 2.24) is 10.2 Å². The fourth-order valence-corrected chi connectivity index (χ4v) is 2.91. The molecule has 1 fully saturated rings. The molecular formula is C17H26FN3O2. The second-order valence-electron chi connectivity index (χ2n) is 5.82. The molecule has 1 aromatic rings. The van der Waals surface area contributed by atoms with Gasteiger partial charge >= 0.3 is 0 Å². The molecule has 0 radical (unpaired) electrons. The van der Waals surface area contributed by atoms with Gasteiger partial charge in [-0.3, -0.25) is 4.99 Å². The first-order valence-electron chi connectivity index (χ1n) is 7.88. The number of nitrogens with zero attached hydrogens (tertiary/aromatic N) is 2. The van der Waals surface area contributed by atoms with Crippen molar-refractivity contribution in [1.29, 1.82) is 0 Å². The van der Waals surface area contributed by atoms with E-state index in [0.29, 0.717) is 18.0 Å². The number of hydrogen-bond acceptors (Lipinski definition) is 3. The first-order valence-corrected chi connectivity index (χ1v) is 7.88. The fraction of sp³-hybridized carbons (Fsp3) is 0.588. The summed E-state index contributed by atoms with van der Waals surface area (Å²) in [4.78, 5) is 6.59. The standard InChI is InChI=1S/C17H26FN3O2/c1-19-17(21-7-6-14(10-21)11-22-2)20-9-13-4-5-16(18)15(8-13)12-23-3/h4-5,8,14H,6-7,9-12H2,1-3H3,(H,19,20). The molecule has 5 nitrogen and oxygen atoms in total. The van der Waals surface area contributed by atoms with E-state index in [0.717, 1.165) is 37.6 Å². The van der Waals surface area contributed by atoms with E-state index in [-0.39, 0.29) is 12.4 Å². The van der Waals surface area contributed by atoms with Gasteiger partial charge in [0, 0.05) is 52.4 Å². The van der Waals surface area contributed by atoms with E-state index in [4.69, 9.17) is 9.47 Å². The van der Waals surface area contributed by atoms with E-state index >= 15 is 0 Å². The normalized spacial score (nSPS) is 18.5. The first kappa shape index (κ1) is 17.7. The summed E-state index contributed by atoms with van der Waals surface area (Å²) in [5, 5.41) is 3.35. The summed E-state index contributed by atoms with van der Waals surface area (Å²) in [5.74, 6) is 1.20. The lowest BCUT2D eigenvalue weighted by Crippen LogP contribution is -2.39. The van der Waals surface area contributed by atoms with Crippen LogP contribution in [-0.4, -0.2) is 51.8 Å². The van der Waals surface area contributed by atoms with Gasteiger partial charge in [0.05, 0.1) is 13.2 Å². The number of guanidine groups is 1. The Morgan fingerprint density at radius 2 is 2.22 bits per heavy atom. The number of likely N-dealkylation sites (tertiary alicyclic amines) is 1. The Bertz CT molecular complexity index is 537. The summed E-state index contributed by atoms with van der Waals surface area (Å²) < 4.78 is 23.9. The van der Waals surface area contributed by atoms with Gasteiger partial charge in [0.25, 0.3) is 0 Å². The van der Waals surface area contributed by atoms with Gasteiger partial charge in [0.2, 0.25) is 0 Å². The van der Waals surface area contributed by atoms with E-state index in [1.165, 1.54) is 6.07 Å². The summed E-state index contributed by atoms with van der Waals surface area (Å²) in [6.07, 6.45) is 1.11. The molecule has 1 aromatic carbocycles. The van der Waals surface area contributed by atoms with Crippen molar-refractivity contribution in [2.45, 2.75) is 19.6 Å². The minimum absolute atomic E-state index is 0.234. The third-order valence-corrected chi connectivity index (χ3v) is 4.06. The molecule has 0 amide bonds. The average molecular weight is 323 g/mol. The van der Waals surface area contributed by atoms with Crippen LogP contribution in [0.5, 0.6) is 0 Å². The molecule has 1 atom stereocenters. The van der Waals surface area contributed by atoms with Crippen molar-refractivity contribution in [3.8, 4) is 0 Å². The zero-order valence-electron chi connectivity index (χ0n) is 14.1. The highest BCUT2D eigenvalue weighted by Crippen LogP contribution is 2.17. The first-order chi connectivity index (χ1) is 11.2. The average Bonchev–Trinajstić information content (AvgIpc) is 3.00. The number of benzene rings is 1. The lowest BCUT2D eigenvalue weighted by molar-refractivity contribution is 0.157. The van der Waals surface area contributed by atoms with Crippen molar-refractivity contribution in [2.24, 2.45) is 10.9 Å². The maximum atomic E-state index is 13.6. The molecule has 1 N–H and O–H groups in total. The minimum atomic E-state index is -0.234. The van der Waals surface area contributed by atoms with Crippen LogP contribution in [0.2, 0.25) is 0 Å². The van der Waals surface area contributed by atoms with E-state index in [9.17, 15) is 4.39 Å². The van der Waals surface area contributed by atoms with Crippen LogP contribution in [0.1, 0.15) is 17.5 Å². The minimum Gasteiger partial charge on any atom is -0.384 e. The van der Waals surface area contributed by atoms with Gasteiger partial charge in [0.1, 0.15) is 5.82 Å². The number of halogens is 1. The fourth-order valence-electron chi connectivity index (χ4n) is 2.91. The number of nitrogens with one attached hydrogen (secondary N) is 1. The largest absolute Gasteiger partial charge is 0.384 e. The second kappa shape index (κ2) is 8.84. The third kappa shape index (κ3) is 4.91. The Labute approximate surface area is 137 Å². The lowest BCUT2D eigenvalue weighted by Gasteiger charge is -2.22. The highest BCUT2D eigenvalue weighted by Gasteiger charge is 2.24. The molecule has 0 aliphatic carbocycles. The molecule has 6 heteroatoms. The summed E-state index contributed by atoms with van der Waals surface area (Å²) in [6.45, 7) is 3.60. The molecule has 23 heavy (non-hydrogen) atoms. The predicted molar refractivity (Wildman–Crippen MR) is 88.9 cm³/mol. The highest BCUT2D eigenvalue weighted by molar-refractivity contribution is 5.80. The molecule has 0 bridgehead atoms. The van der Waals surface area contributed by atoms with E-state index in [1.807, 2.05) is 6.07 Å². The summed E-state index contributed by atoms with van der Waals surface area (Å²) in [5.41, 5.74) is 1.58. The van der Waals surface area contributed by atoms with Gasteiger partial charge in [-0.1, -0.05) is 6.07 Å². The number of aliphatic imine (C=N–C) groups is 1. The van der Waals surface area contributed by atoms with E-state index < -0.39 is 0 Å². The molecule has 0 aromatic heterocycles. The number of methoxy groups -OCH3 is 2. The molecule has 128 valence electrons. The van der Waals surface area contributed by atoms with Crippen LogP contribution >= 0.6 is 0 Å². The molecule has 1 heterocycles. The van der Waals surface area contributed by atoms with Crippen molar-refractivity contribution in [2.75, 3.05) is 41.0 Å². The van der Waals surface area contributed by atoms with Gasteiger partial charge in [-0.25, -0.2) is 4.39 Å². The maximum absolute atomic E-state index is 13.6. The molecule has 1 saturated heterocycles. The zero-order chi connectivity index (χ0) is 16.7. The second-order valence-corrected chi connectivity index (χ2v) is 5.82. The number of ether oxygens (including phenoxy) is 2. The van der Waals surface area contributed by atoms with E-state index in [1.54, 1.807) is 27.3 Å². The zero-order valence-corrected chi connectivity index (χ0v) is 14.1. The molecule has 2 rings (SSSR count). The van der Waals surface area contributed by atoms with E-state index in [2.05, 4.69) is 15.2 Å². The molecule has 0 spiro atoms. The van der Waals surface area contributed by atoms with Crippen LogP contribution in [0.3, 0.4) is 0 Å². The van der Waals surface area contributed by atoms with Crippen LogP contribution in [0.15, 0.2) is 23.2 Å². The molecule has 0 saturated carbocycles. The van der Waals surface area contributed by atoms with Crippen molar-refractivity contribution >= 4 is 5.96 Å². The van der Waals surface area contributed by atoms with Crippen LogP contribution in [0.4, 0.5) is 4.39 Å². The Hall–Kier alpha value is -1.66. The number of rotatable bonds is 6. The van der Waals surface area contributed by atoms with Crippen LogP contribution in [0.25, 0.3) is 0 Å².